The maximum absolute atomic E-state index is 12.7. The Hall–Kier alpha value is -1.92. The summed E-state index contributed by atoms with van der Waals surface area (Å²) in [5, 5.41) is 2.44. The Balaban J connectivity index is 2.00. The minimum absolute atomic E-state index is 0.198. The van der Waals surface area contributed by atoms with Gasteiger partial charge in [0.2, 0.25) is 0 Å². The summed E-state index contributed by atoms with van der Waals surface area (Å²) >= 11 is 0. The van der Waals surface area contributed by atoms with Crippen LogP contribution in [0.4, 0.5) is 18.0 Å². The van der Waals surface area contributed by atoms with Crippen molar-refractivity contribution >= 4 is 6.03 Å². The Morgan fingerprint density at radius 2 is 2.00 bits per heavy atom. The van der Waals surface area contributed by atoms with Gasteiger partial charge in [0.25, 0.3) is 0 Å². The van der Waals surface area contributed by atoms with E-state index in [9.17, 15) is 18.0 Å². The number of ether oxygens (including phenoxy) is 1. The normalized spacial score (nSPS) is 15.9. The fourth-order valence-electron chi connectivity index (χ4n) is 1.82. The molecular formula is C12H13F3N2O2. The number of benzene rings is 1. The molecule has 19 heavy (non-hydrogen) atoms. The molecular weight excluding hydrogens is 261 g/mol. The van der Waals surface area contributed by atoms with Gasteiger partial charge in [0.05, 0.1) is 18.7 Å². The maximum atomic E-state index is 12.7. The molecule has 0 aromatic heterocycles. The van der Waals surface area contributed by atoms with Gasteiger partial charge in [-0.3, -0.25) is 0 Å². The van der Waals surface area contributed by atoms with Gasteiger partial charge in [-0.1, -0.05) is 12.1 Å². The predicted molar refractivity (Wildman–Crippen MR) is 61.9 cm³/mol. The van der Waals surface area contributed by atoms with Crippen molar-refractivity contribution in [2.45, 2.75) is 12.3 Å². The highest BCUT2D eigenvalue weighted by Gasteiger charge is 2.37. The van der Waals surface area contributed by atoms with Crippen molar-refractivity contribution in [1.29, 1.82) is 0 Å². The molecule has 0 atom stereocenters. The van der Waals surface area contributed by atoms with Gasteiger partial charge in [-0.15, -0.1) is 0 Å². The lowest BCUT2D eigenvalue weighted by atomic mass is 10.1. The van der Waals surface area contributed by atoms with Crippen LogP contribution in [0.2, 0.25) is 0 Å². The summed E-state index contributed by atoms with van der Waals surface area (Å²) in [6.45, 7) is 0.567. The van der Waals surface area contributed by atoms with Crippen molar-refractivity contribution < 1.29 is 22.7 Å². The highest BCUT2D eigenvalue weighted by molar-refractivity contribution is 5.74. The number of nitrogens with one attached hydrogen (secondary N) is 1. The second-order valence-electron chi connectivity index (χ2n) is 4.19. The van der Waals surface area contributed by atoms with Gasteiger partial charge in [0.15, 0.2) is 0 Å². The molecule has 1 heterocycles. The molecule has 104 valence electrons. The molecule has 2 amide bonds. The number of hydrogen-bond acceptors (Lipinski definition) is 2. The molecule has 1 aliphatic rings. The van der Waals surface area contributed by atoms with E-state index in [2.05, 4.69) is 5.32 Å². The Labute approximate surface area is 108 Å². The number of carbonyl (C=O) groups is 1. The smallest absolute Gasteiger partial charge is 0.419 e. The number of urea groups is 1. The quantitative estimate of drug-likeness (QED) is 0.897. The fourth-order valence-corrected chi connectivity index (χ4v) is 1.82. The van der Waals surface area contributed by atoms with E-state index in [0.717, 1.165) is 6.07 Å². The fraction of sp³-hybridized carbons (Fsp3) is 0.417. The Kier molecular flexibility index (Phi) is 3.55. The molecule has 1 saturated heterocycles. The highest BCUT2D eigenvalue weighted by atomic mass is 19.4. The first-order valence-electron chi connectivity index (χ1n) is 5.71. The molecule has 1 fully saturated rings. The summed E-state index contributed by atoms with van der Waals surface area (Å²) in [5.74, 6) is -0.198. The number of para-hydroxylation sites is 1. The zero-order chi connectivity index (χ0) is 14.0. The number of amides is 2. The van der Waals surface area contributed by atoms with Crippen molar-refractivity contribution in [2.24, 2.45) is 0 Å². The molecule has 0 unspecified atom stereocenters. The lowest BCUT2D eigenvalue weighted by molar-refractivity contribution is -0.139. The van der Waals surface area contributed by atoms with E-state index < -0.39 is 17.8 Å². The summed E-state index contributed by atoms with van der Waals surface area (Å²) in [7, 11) is 1.50. The second kappa shape index (κ2) is 4.99. The van der Waals surface area contributed by atoms with E-state index in [4.69, 9.17) is 4.74 Å². The summed E-state index contributed by atoms with van der Waals surface area (Å²) in [4.78, 5) is 12.7. The Morgan fingerprint density at radius 1 is 1.37 bits per heavy atom. The SMILES string of the molecule is CNC(=O)N1CC(Oc2ccccc2C(F)(F)F)C1. The largest absolute Gasteiger partial charge is 0.486 e. The molecule has 0 saturated carbocycles. The molecule has 0 bridgehead atoms. The zero-order valence-electron chi connectivity index (χ0n) is 10.2. The van der Waals surface area contributed by atoms with Crippen LogP contribution in [-0.2, 0) is 6.18 Å². The van der Waals surface area contributed by atoms with E-state index in [1.165, 1.54) is 30.1 Å². The number of halogens is 3. The molecule has 1 aromatic carbocycles. The van der Waals surface area contributed by atoms with E-state index >= 15 is 0 Å². The van der Waals surface area contributed by atoms with Gasteiger partial charge in [-0.25, -0.2) is 4.79 Å². The van der Waals surface area contributed by atoms with Crippen LogP contribution < -0.4 is 10.1 Å². The van der Waals surface area contributed by atoms with Crippen molar-refractivity contribution in [1.82, 2.24) is 10.2 Å². The number of alkyl halides is 3. The monoisotopic (exact) mass is 274 g/mol. The zero-order valence-corrected chi connectivity index (χ0v) is 10.2. The first-order chi connectivity index (χ1) is 8.91. The lowest BCUT2D eigenvalue weighted by Gasteiger charge is -2.38. The third-order valence-electron chi connectivity index (χ3n) is 2.84. The average molecular weight is 274 g/mol. The standard InChI is InChI=1S/C12H13F3N2O2/c1-16-11(18)17-6-8(7-17)19-10-5-3-2-4-9(10)12(13,14)15/h2-5,8H,6-7H2,1H3,(H,16,18). The van der Waals surface area contributed by atoms with Crippen LogP contribution in [0.5, 0.6) is 5.75 Å². The summed E-state index contributed by atoms with van der Waals surface area (Å²) in [5.41, 5.74) is -0.798. The molecule has 0 spiro atoms. The Morgan fingerprint density at radius 3 is 2.58 bits per heavy atom. The van der Waals surface area contributed by atoms with Crippen LogP contribution in [0.1, 0.15) is 5.56 Å². The van der Waals surface area contributed by atoms with Crippen molar-refractivity contribution in [3.63, 3.8) is 0 Å². The van der Waals surface area contributed by atoms with Gasteiger partial charge >= 0.3 is 12.2 Å². The third kappa shape index (κ3) is 2.91. The summed E-state index contributed by atoms with van der Waals surface area (Å²) < 4.78 is 43.5. The Bertz CT molecular complexity index is 470. The van der Waals surface area contributed by atoms with Crippen LogP contribution in [0.25, 0.3) is 0 Å². The minimum atomic E-state index is -4.44. The number of carbonyl (C=O) groups excluding carboxylic acids is 1. The van der Waals surface area contributed by atoms with Crippen LogP contribution in [0, 0.1) is 0 Å². The summed E-state index contributed by atoms with van der Waals surface area (Å²) in [6.07, 6.45) is -4.85. The molecule has 1 N–H and O–H groups in total. The average Bonchev–Trinajstić information content (AvgIpc) is 2.31. The van der Waals surface area contributed by atoms with E-state index in [1.54, 1.807) is 0 Å². The lowest BCUT2D eigenvalue weighted by Crippen LogP contribution is -2.58. The van der Waals surface area contributed by atoms with Crippen LogP contribution >= 0.6 is 0 Å². The molecule has 0 aliphatic carbocycles. The number of nitrogens with zero attached hydrogens (tertiary/aromatic N) is 1. The minimum Gasteiger partial charge on any atom is -0.486 e. The molecule has 4 nitrogen and oxygen atoms in total. The number of rotatable bonds is 2. The predicted octanol–water partition coefficient (Wildman–Crippen LogP) is 2.11. The third-order valence-corrected chi connectivity index (χ3v) is 2.84. The van der Waals surface area contributed by atoms with E-state index in [1.807, 2.05) is 0 Å². The van der Waals surface area contributed by atoms with Crippen molar-refractivity contribution in [3.8, 4) is 5.75 Å². The van der Waals surface area contributed by atoms with Crippen molar-refractivity contribution in [3.05, 3.63) is 29.8 Å². The van der Waals surface area contributed by atoms with E-state index in [-0.39, 0.29) is 24.9 Å². The maximum Gasteiger partial charge on any atom is 0.419 e. The molecule has 2 rings (SSSR count). The molecule has 7 heteroatoms. The first kappa shape index (κ1) is 13.5. The van der Waals surface area contributed by atoms with Gasteiger partial charge in [0.1, 0.15) is 11.9 Å². The molecule has 1 aromatic rings. The topological polar surface area (TPSA) is 41.6 Å². The van der Waals surface area contributed by atoms with Gasteiger partial charge in [-0.2, -0.15) is 13.2 Å². The number of hydrogen-bond donors (Lipinski definition) is 1. The molecule has 1 aliphatic heterocycles. The van der Waals surface area contributed by atoms with E-state index in [0.29, 0.717) is 0 Å². The van der Waals surface area contributed by atoms with Crippen LogP contribution in [0.3, 0.4) is 0 Å². The second-order valence-corrected chi connectivity index (χ2v) is 4.19. The van der Waals surface area contributed by atoms with Gasteiger partial charge in [0, 0.05) is 7.05 Å². The number of likely N-dealkylation sites (tertiary alicyclic amines) is 1. The van der Waals surface area contributed by atoms with Crippen LogP contribution in [0.15, 0.2) is 24.3 Å². The summed E-state index contributed by atoms with van der Waals surface area (Å²) in [6, 6.07) is 4.80. The molecule has 0 radical (unpaired) electrons. The van der Waals surface area contributed by atoms with Crippen molar-refractivity contribution in [2.75, 3.05) is 20.1 Å². The first-order valence-corrected chi connectivity index (χ1v) is 5.71. The van der Waals surface area contributed by atoms with Crippen LogP contribution in [-0.4, -0.2) is 37.2 Å². The van der Waals surface area contributed by atoms with Gasteiger partial charge in [-0.05, 0) is 12.1 Å². The highest BCUT2D eigenvalue weighted by Crippen LogP contribution is 2.36. The van der Waals surface area contributed by atoms with Gasteiger partial charge < -0.3 is 15.0 Å².